The molecule has 1 atom stereocenters. The van der Waals surface area contributed by atoms with E-state index in [-0.39, 0.29) is 0 Å². The van der Waals surface area contributed by atoms with Crippen LogP contribution in [0.25, 0.3) is 0 Å². The lowest BCUT2D eigenvalue weighted by Crippen LogP contribution is -2.29. The monoisotopic (exact) mass is 245 g/mol. The van der Waals surface area contributed by atoms with E-state index in [1.165, 1.54) is 12.0 Å². The van der Waals surface area contributed by atoms with E-state index in [4.69, 9.17) is 0 Å². The number of hydrogen-bond acceptors (Lipinski definition) is 1. The maximum atomic E-state index is 4.66. The summed E-state index contributed by atoms with van der Waals surface area (Å²) in [6, 6.07) is 10.9. The quantitative estimate of drug-likeness (QED) is 0.882. The van der Waals surface area contributed by atoms with E-state index in [1.54, 1.807) is 0 Å². The Morgan fingerprint density at radius 2 is 2.06 bits per heavy atom. The van der Waals surface area contributed by atoms with Gasteiger partial charge in [0.15, 0.2) is 5.96 Å². The van der Waals surface area contributed by atoms with Crippen LogP contribution in [-0.4, -0.2) is 30.5 Å². The first kappa shape index (κ1) is 12.9. The standard InChI is InChI=1S/C15H23N3/c1-12(2)9-14-11-18(3)15(17-14)16-10-13-7-5-4-6-8-13/h4-8,12,14H,9-11H2,1-3H3,(H,16,17). The molecular formula is C15H23N3. The van der Waals surface area contributed by atoms with Gasteiger partial charge in [-0.3, -0.25) is 0 Å². The molecule has 0 bridgehead atoms. The highest BCUT2D eigenvalue weighted by Crippen LogP contribution is 2.11. The summed E-state index contributed by atoms with van der Waals surface area (Å²) in [6.45, 7) is 6.34. The lowest BCUT2D eigenvalue weighted by molar-refractivity contribution is 0.437. The van der Waals surface area contributed by atoms with Gasteiger partial charge in [-0.25, -0.2) is 4.99 Å². The summed E-state index contributed by atoms with van der Waals surface area (Å²) in [5.74, 6) is 1.76. The van der Waals surface area contributed by atoms with E-state index in [9.17, 15) is 0 Å². The Labute approximate surface area is 110 Å². The van der Waals surface area contributed by atoms with Crippen molar-refractivity contribution in [3.8, 4) is 0 Å². The Morgan fingerprint density at radius 3 is 2.72 bits per heavy atom. The summed E-state index contributed by atoms with van der Waals surface area (Å²) in [5, 5.41) is 3.52. The van der Waals surface area contributed by atoms with Gasteiger partial charge in [0.05, 0.1) is 6.54 Å². The van der Waals surface area contributed by atoms with Crippen LogP contribution in [0.4, 0.5) is 0 Å². The van der Waals surface area contributed by atoms with Crippen LogP contribution >= 0.6 is 0 Å². The maximum absolute atomic E-state index is 4.66. The van der Waals surface area contributed by atoms with Crippen molar-refractivity contribution in [1.82, 2.24) is 10.2 Å². The summed E-state index contributed by atoms with van der Waals surface area (Å²) in [4.78, 5) is 6.88. The van der Waals surface area contributed by atoms with E-state index < -0.39 is 0 Å². The molecule has 3 heteroatoms. The Hall–Kier alpha value is -1.51. The third kappa shape index (κ3) is 3.49. The molecule has 0 saturated carbocycles. The zero-order valence-electron chi connectivity index (χ0n) is 11.6. The molecule has 0 radical (unpaired) electrons. The molecule has 0 aromatic heterocycles. The number of aliphatic imine (C=N–C) groups is 1. The van der Waals surface area contributed by atoms with Gasteiger partial charge in [-0.05, 0) is 17.9 Å². The average molecular weight is 245 g/mol. The number of nitrogens with zero attached hydrogens (tertiary/aromatic N) is 2. The van der Waals surface area contributed by atoms with Gasteiger partial charge in [0.1, 0.15) is 0 Å². The van der Waals surface area contributed by atoms with E-state index in [2.05, 4.69) is 60.4 Å². The third-order valence-corrected chi connectivity index (χ3v) is 3.20. The molecule has 0 amide bonds. The van der Waals surface area contributed by atoms with Crippen molar-refractivity contribution >= 4 is 5.96 Å². The SMILES string of the molecule is CC(C)CC1CN(C)C(=NCc2ccccc2)N1. The molecule has 1 aliphatic heterocycles. The summed E-state index contributed by atoms with van der Waals surface area (Å²) in [6.07, 6.45) is 1.20. The molecule has 1 aliphatic rings. The first-order valence-electron chi connectivity index (χ1n) is 6.71. The minimum Gasteiger partial charge on any atom is -0.352 e. The molecule has 18 heavy (non-hydrogen) atoms. The second-order valence-corrected chi connectivity index (χ2v) is 5.48. The van der Waals surface area contributed by atoms with Crippen molar-refractivity contribution in [3.63, 3.8) is 0 Å². The Balaban J connectivity index is 1.93. The van der Waals surface area contributed by atoms with E-state index in [0.717, 1.165) is 25.0 Å². The number of rotatable bonds is 4. The van der Waals surface area contributed by atoms with E-state index >= 15 is 0 Å². The first-order valence-corrected chi connectivity index (χ1v) is 6.71. The molecule has 1 aromatic rings. The minimum absolute atomic E-state index is 0.546. The van der Waals surface area contributed by atoms with Crippen LogP contribution < -0.4 is 5.32 Å². The second kappa shape index (κ2) is 5.89. The average Bonchev–Trinajstić information content (AvgIpc) is 2.67. The highest BCUT2D eigenvalue weighted by molar-refractivity contribution is 5.82. The molecule has 1 unspecified atom stereocenters. The fourth-order valence-electron chi connectivity index (χ4n) is 2.37. The second-order valence-electron chi connectivity index (χ2n) is 5.48. The zero-order chi connectivity index (χ0) is 13.0. The van der Waals surface area contributed by atoms with Crippen LogP contribution in [0.3, 0.4) is 0 Å². The molecule has 1 aromatic carbocycles. The number of guanidine groups is 1. The Morgan fingerprint density at radius 1 is 1.33 bits per heavy atom. The normalized spacial score (nSPS) is 21.7. The van der Waals surface area contributed by atoms with Crippen LogP contribution in [0.5, 0.6) is 0 Å². The summed E-state index contributed by atoms with van der Waals surface area (Å²) in [5.41, 5.74) is 1.26. The number of benzene rings is 1. The van der Waals surface area contributed by atoms with Crippen LogP contribution in [0.15, 0.2) is 35.3 Å². The molecule has 0 aliphatic carbocycles. The molecule has 1 saturated heterocycles. The molecule has 1 heterocycles. The van der Waals surface area contributed by atoms with Gasteiger partial charge in [-0.1, -0.05) is 44.2 Å². The van der Waals surface area contributed by atoms with Gasteiger partial charge in [0.2, 0.25) is 0 Å². The summed E-state index contributed by atoms with van der Waals surface area (Å²) < 4.78 is 0. The molecule has 3 nitrogen and oxygen atoms in total. The molecular weight excluding hydrogens is 222 g/mol. The smallest absolute Gasteiger partial charge is 0.194 e. The highest BCUT2D eigenvalue weighted by Gasteiger charge is 2.24. The number of likely N-dealkylation sites (N-methyl/N-ethyl adjacent to an activating group) is 1. The van der Waals surface area contributed by atoms with Crippen molar-refractivity contribution in [2.45, 2.75) is 32.9 Å². The fourth-order valence-corrected chi connectivity index (χ4v) is 2.37. The van der Waals surface area contributed by atoms with Crippen molar-refractivity contribution < 1.29 is 0 Å². The maximum Gasteiger partial charge on any atom is 0.194 e. The van der Waals surface area contributed by atoms with Gasteiger partial charge in [0.25, 0.3) is 0 Å². The Bertz CT molecular complexity index is 397. The van der Waals surface area contributed by atoms with Crippen LogP contribution in [0.2, 0.25) is 0 Å². The largest absolute Gasteiger partial charge is 0.352 e. The lowest BCUT2D eigenvalue weighted by Gasteiger charge is -2.11. The van der Waals surface area contributed by atoms with Crippen LogP contribution in [-0.2, 0) is 6.54 Å². The molecule has 98 valence electrons. The third-order valence-electron chi connectivity index (χ3n) is 3.20. The van der Waals surface area contributed by atoms with Gasteiger partial charge in [-0.15, -0.1) is 0 Å². The predicted molar refractivity (Wildman–Crippen MR) is 76.6 cm³/mol. The van der Waals surface area contributed by atoms with Gasteiger partial charge >= 0.3 is 0 Å². The van der Waals surface area contributed by atoms with Crippen molar-refractivity contribution in [2.24, 2.45) is 10.9 Å². The minimum atomic E-state index is 0.546. The van der Waals surface area contributed by atoms with Crippen molar-refractivity contribution in [1.29, 1.82) is 0 Å². The molecule has 2 rings (SSSR count). The Kier molecular flexibility index (Phi) is 4.24. The summed E-state index contributed by atoms with van der Waals surface area (Å²) in [7, 11) is 2.11. The van der Waals surface area contributed by atoms with Gasteiger partial charge in [-0.2, -0.15) is 0 Å². The fraction of sp³-hybridized carbons (Fsp3) is 0.533. The number of nitrogens with one attached hydrogen (secondary N) is 1. The van der Waals surface area contributed by atoms with E-state index in [1.807, 2.05) is 6.07 Å². The zero-order valence-corrected chi connectivity index (χ0v) is 11.6. The molecule has 0 spiro atoms. The van der Waals surface area contributed by atoms with Crippen LogP contribution in [0, 0.1) is 5.92 Å². The van der Waals surface area contributed by atoms with Crippen molar-refractivity contribution in [3.05, 3.63) is 35.9 Å². The molecule has 1 fully saturated rings. The molecule has 1 N–H and O–H groups in total. The van der Waals surface area contributed by atoms with E-state index in [0.29, 0.717) is 6.04 Å². The summed E-state index contributed by atoms with van der Waals surface area (Å²) >= 11 is 0. The van der Waals surface area contributed by atoms with Gasteiger partial charge < -0.3 is 10.2 Å². The van der Waals surface area contributed by atoms with Gasteiger partial charge in [0, 0.05) is 19.6 Å². The first-order chi connectivity index (χ1) is 8.65. The van der Waals surface area contributed by atoms with Crippen LogP contribution in [0.1, 0.15) is 25.8 Å². The predicted octanol–water partition coefficient (Wildman–Crippen LogP) is 2.49. The van der Waals surface area contributed by atoms with Crippen molar-refractivity contribution in [2.75, 3.05) is 13.6 Å². The number of hydrogen-bond donors (Lipinski definition) is 1. The lowest BCUT2D eigenvalue weighted by atomic mass is 10.0. The topological polar surface area (TPSA) is 27.6 Å². The highest BCUT2D eigenvalue weighted by atomic mass is 15.3.